The van der Waals surface area contributed by atoms with Crippen LogP contribution in [0.1, 0.15) is 21.0 Å². The van der Waals surface area contributed by atoms with E-state index in [1.54, 1.807) is 6.07 Å². The van der Waals surface area contributed by atoms with Gasteiger partial charge in [0.05, 0.1) is 11.4 Å². The topological polar surface area (TPSA) is 49.9 Å². The number of hydrogen-bond acceptors (Lipinski definition) is 2. The van der Waals surface area contributed by atoms with Crippen LogP contribution in [0.4, 0.5) is 0 Å². The van der Waals surface area contributed by atoms with Gasteiger partial charge in [-0.1, -0.05) is 0 Å². The van der Waals surface area contributed by atoms with E-state index < -0.39 is 0 Å². The first-order valence-electron chi connectivity index (χ1n) is 2.57. The zero-order chi connectivity index (χ0) is 7.56. The van der Waals surface area contributed by atoms with Crippen molar-refractivity contribution >= 4 is 35.2 Å². The third-order valence-electron chi connectivity index (χ3n) is 1.06. The normalized spacial score (nSPS) is 9.30. The van der Waals surface area contributed by atoms with Crippen molar-refractivity contribution in [1.82, 2.24) is 4.98 Å². The zero-order valence-corrected chi connectivity index (χ0v) is 7.08. The fraction of sp³-hybridized carbons (Fsp3) is 0. The number of aromatic amines is 1. The molecule has 0 bridgehead atoms. The van der Waals surface area contributed by atoms with Crippen LogP contribution >= 0.6 is 22.6 Å². The van der Waals surface area contributed by atoms with Crippen molar-refractivity contribution in [2.75, 3.05) is 0 Å². The number of halogens is 1. The van der Waals surface area contributed by atoms with E-state index in [1.807, 2.05) is 22.6 Å². The lowest BCUT2D eigenvalue weighted by molar-refractivity contribution is 0.111. The minimum Gasteiger partial charge on any atom is -0.349 e. The molecule has 0 saturated heterocycles. The first kappa shape index (κ1) is 7.46. The fourth-order valence-corrected chi connectivity index (χ4v) is 1.21. The van der Waals surface area contributed by atoms with Crippen LogP contribution in [0.2, 0.25) is 0 Å². The number of carbonyl (C=O) groups excluding carboxylic acids is 2. The number of aromatic nitrogens is 1. The maximum atomic E-state index is 10.2. The Morgan fingerprint density at radius 3 is 2.40 bits per heavy atom. The van der Waals surface area contributed by atoms with Crippen molar-refractivity contribution in [2.45, 2.75) is 0 Å². The second-order valence-corrected chi connectivity index (χ2v) is 2.88. The first-order chi connectivity index (χ1) is 4.77. The Labute approximate surface area is 71.0 Å². The summed E-state index contributed by atoms with van der Waals surface area (Å²) in [4.78, 5) is 23.0. The monoisotopic (exact) mass is 249 g/mol. The number of carbonyl (C=O) groups is 2. The van der Waals surface area contributed by atoms with Crippen LogP contribution in [0.3, 0.4) is 0 Å². The predicted molar refractivity (Wildman–Crippen MR) is 44.3 cm³/mol. The summed E-state index contributed by atoms with van der Waals surface area (Å²) in [6, 6.07) is 1.62. The number of H-pyrrole nitrogens is 1. The van der Waals surface area contributed by atoms with Gasteiger partial charge in [0.1, 0.15) is 0 Å². The number of hydrogen-bond donors (Lipinski definition) is 1. The van der Waals surface area contributed by atoms with Crippen molar-refractivity contribution in [1.29, 1.82) is 0 Å². The van der Waals surface area contributed by atoms with Gasteiger partial charge in [0.2, 0.25) is 0 Å². The minimum atomic E-state index is 0.437. The summed E-state index contributed by atoms with van der Waals surface area (Å²) in [5, 5.41) is 0. The van der Waals surface area contributed by atoms with Crippen LogP contribution in [0.5, 0.6) is 0 Å². The molecular weight excluding hydrogens is 245 g/mol. The molecule has 0 fully saturated rings. The first-order valence-corrected chi connectivity index (χ1v) is 3.64. The molecule has 1 rings (SSSR count). The average molecular weight is 249 g/mol. The minimum absolute atomic E-state index is 0.437. The quantitative estimate of drug-likeness (QED) is 0.633. The molecule has 0 radical (unpaired) electrons. The zero-order valence-electron chi connectivity index (χ0n) is 4.93. The van der Waals surface area contributed by atoms with E-state index in [9.17, 15) is 9.59 Å². The Balaban J connectivity index is 3.15. The molecule has 0 spiro atoms. The Morgan fingerprint density at radius 1 is 1.40 bits per heavy atom. The van der Waals surface area contributed by atoms with Crippen LogP contribution < -0.4 is 0 Å². The van der Waals surface area contributed by atoms with E-state index in [1.165, 1.54) is 0 Å². The third-order valence-corrected chi connectivity index (χ3v) is 1.96. The van der Waals surface area contributed by atoms with Gasteiger partial charge in [-0.3, -0.25) is 9.59 Å². The summed E-state index contributed by atoms with van der Waals surface area (Å²) in [5.41, 5.74) is 0.897. The molecule has 0 unspecified atom stereocenters. The van der Waals surface area contributed by atoms with Crippen LogP contribution in [-0.2, 0) is 0 Å². The van der Waals surface area contributed by atoms with Crippen molar-refractivity contribution in [3.8, 4) is 0 Å². The van der Waals surface area contributed by atoms with Gasteiger partial charge in [-0.05, 0) is 28.7 Å². The maximum absolute atomic E-state index is 10.2. The molecule has 4 heteroatoms. The lowest BCUT2D eigenvalue weighted by Crippen LogP contribution is -1.82. The maximum Gasteiger partial charge on any atom is 0.167 e. The Bertz CT molecular complexity index is 267. The van der Waals surface area contributed by atoms with Crippen LogP contribution in [-0.4, -0.2) is 17.6 Å². The highest BCUT2D eigenvalue weighted by Crippen LogP contribution is 2.09. The molecule has 1 N–H and O–H groups in total. The SMILES string of the molecule is O=Cc1cc(I)c(C=O)[nH]1. The molecule has 0 atom stereocenters. The van der Waals surface area contributed by atoms with Crippen molar-refractivity contribution in [3.05, 3.63) is 21.0 Å². The van der Waals surface area contributed by atoms with Gasteiger partial charge >= 0.3 is 0 Å². The van der Waals surface area contributed by atoms with Crippen molar-refractivity contribution < 1.29 is 9.59 Å². The van der Waals surface area contributed by atoms with Crippen LogP contribution in [0.25, 0.3) is 0 Å². The summed E-state index contributed by atoms with van der Waals surface area (Å²) in [5.74, 6) is 0. The fourth-order valence-electron chi connectivity index (χ4n) is 0.615. The number of aldehydes is 2. The lowest BCUT2D eigenvalue weighted by atomic mass is 10.4. The molecule has 52 valence electrons. The van der Waals surface area contributed by atoms with Crippen molar-refractivity contribution in [2.24, 2.45) is 0 Å². The van der Waals surface area contributed by atoms with Gasteiger partial charge in [-0.15, -0.1) is 0 Å². The highest BCUT2D eigenvalue weighted by Gasteiger charge is 2.01. The average Bonchev–Trinajstić information content (AvgIpc) is 2.30. The molecule has 1 aromatic rings. The van der Waals surface area contributed by atoms with Gasteiger partial charge in [-0.2, -0.15) is 0 Å². The molecule has 0 aliphatic heterocycles. The van der Waals surface area contributed by atoms with Gasteiger partial charge in [0.15, 0.2) is 12.6 Å². The van der Waals surface area contributed by atoms with Gasteiger partial charge in [-0.25, -0.2) is 0 Å². The number of rotatable bonds is 2. The smallest absolute Gasteiger partial charge is 0.167 e. The summed E-state index contributed by atoms with van der Waals surface area (Å²) in [7, 11) is 0. The van der Waals surface area contributed by atoms with Crippen molar-refractivity contribution in [3.63, 3.8) is 0 Å². The number of nitrogens with one attached hydrogen (secondary N) is 1. The van der Waals surface area contributed by atoms with E-state index in [0.29, 0.717) is 24.0 Å². The van der Waals surface area contributed by atoms with Gasteiger partial charge < -0.3 is 4.98 Å². The molecule has 3 nitrogen and oxygen atoms in total. The molecule has 0 aliphatic carbocycles. The largest absolute Gasteiger partial charge is 0.349 e. The van der Waals surface area contributed by atoms with Gasteiger partial charge in [0.25, 0.3) is 0 Å². The van der Waals surface area contributed by atoms with E-state index in [-0.39, 0.29) is 0 Å². The van der Waals surface area contributed by atoms with E-state index >= 15 is 0 Å². The Kier molecular flexibility index (Phi) is 2.21. The van der Waals surface area contributed by atoms with Crippen LogP contribution in [0, 0.1) is 3.57 Å². The summed E-state index contributed by atoms with van der Waals surface area (Å²) in [6.07, 6.45) is 1.37. The predicted octanol–water partition coefficient (Wildman–Crippen LogP) is 1.24. The second-order valence-electron chi connectivity index (χ2n) is 1.72. The molecule has 0 aromatic carbocycles. The lowest BCUT2D eigenvalue weighted by Gasteiger charge is -1.79. The second kappa shape index (κ2) is 2.96. The molecule has 1 aromatic heterocycles. The standard InChI is InChI=1S/C6H4INO2/c7-5-1-4(2-9)8-6(5)3-10/h1-3,8H. The van der Waals surface area contributed by atoms with Crippen LogP contribution in [0.15, 0.2) is 6.07 Å². The molecule has 0 aliphatic rings. The highest BCUT2D eigenvalue weighted by molar-refractivity contribution is 14.1. The highest BCUT2D eigenvalue weighted by atomic mass is 127. The van der Waals surface area contributed by atoms with E-state index in [0.717, 1.165) is 3.57 Å². The molecular formula is C6H4INO2. The molecule has 1 heterocycles. The van der Waals surface area contributed by atoms with E-state index in [4.69, 9.17) is 0 Å². The molecule has 10 heavy (non-hydrogen) atoms. The third kappa shape index (κ3) is 1.26. The summed E-state index contributed by atoms with van der Waals surface area (Å²) < 4.78 is 0.773. The summed E-state index contributed by atoms with van der Waals surface area (Å²) >= 11 is 1.98. The van der Waals surface area contributed by atoms with E-state index in [2.05, 4.69) is 4.98 Å². The molecule has 0 saturated carbocycles. The summed E-state index contributed by atoms with van der Waals surface area (Å²) in [6.45, 7) is 0. The van der Waals surface area contributed by atoms with Gasteiger partial charge in [0, 0.05) is 3.57 Å². The Morgan fingerprint density at radius 2 is 2.10 bits per heavy atom. The Hall–Kier alpha value is -0.650. The molecule has 0 amide bonds.